The van der Waals surface area contributed by atoms with Gasteiger partial charge in [-0.05, 0) is 12.0 Å². The van der Waals surface area contributed by atoms with E-state index in [0.717, 1.165) is 6.54 Å². The second-order valence-corrected chi connectivity index (χ2v) is 4.78. The summed E-state index contributed by atoms with van der Waals surface area (Å²) in [5.41, 5.74) is 6.54. The summed E-state index contributed by atoms with van der Waals surface area (Å²) in [5, 5.41) is 0. The van der Waals surface area contributed by atoms with Gasteiger partial charge in [-0.25, -0.2) is 4.39 Å². The van der Waals surface area contributed by atoms with E-state index < -0.39 is 0 Å². The SMILES string of the molecule is CC(C)CN1C(N)=NCC1c1ccccc1F. The van der Waals surface area contributed by atoms with E-state index in [-0.39, 0.29) is 11.9 Å². The molecular formula is C13H18FN3. The average Bonchev–Trinajstić information content (AvgIpc) is 2.61. The predicted octanol–water partition coefficient (Wildman–Crippen LogP) is 2.15. The summed E-state index contributed by atoms with van der Waals surface area (Å²) >= 11 is 0. The number of nitrogens with two attached hydrogens (primary N) is 1. The van der Waals surface area contributed by atoms with Crippen LogP contribution in [0.15, 0.2) is 29.3 Å². The Morgan fingerprint density at radius 1 is 1.47 bits per heavy atom. The quantitative estimate of drug-likeness (QED) is 0.872. The van der Waals surface area contributed by atoms with E-state index in [9.17, 15) is 4.39 Å². The summed E-state index contributed by atoms with van der Waals surface area (Å²) in [7, 11) is 0. The van der Waals surface area contributed by atoms with Crippen molar-refractivity contribution < 1.29 is 4.39 Å². The predicted molar refractivity (Wildman–Crippen MR) is 67.2 cm³/mol. The van der Waals surface area contributed by atoms with Crippen LogP contribution in [0.5, 0.6) is 0 Å². The highest BCUT2D eigenvalue weighted by Gasteiger charge is 2.29. The number of hydrogen-bond acceptors (Lipinski definition) is 3. The van der Waals surface area contributed by atoms with Crippen LogP contribution < -0.4 is 5.73 Å². The minimum atomic E-state index is -0.184. The van der Waals surface area contributed by atoms with Crippen molar-refractivity contribution in [1.29, 1.82) is 0 Å². The van der Waals surface area contributed by atoms with Crippen molar-refractivity contribution in [1.82, 2.24) is 4.90 Å². The normalized spacial score (nSPS) is 19.9. The Morgan fingerprint density at radius 3 is 2.82 bits per heavy atom. The van der Waals surface area contributed by atoms with Crippen molar-refractivity contribution in [3.63, 3.8) is 0 Å². The number of aliphatic imine (C=N–C) groups is 1. The van der Waals surface area contributed by atoms with Crippen molar-refractivity contribution in [3.8, 4) is 0 Å². The number of guanidine groups is 1. The first-order valence-corrected chi connectivity index (χ1v) is 5.90. The minimum Gasteiger partial charge on any atom is -0.370 e. The third kappa shape index (κ3) is 2.40. The molecule has 0 radical (unpaired) electrons. The molecule has 3 nitrogen and oxygen atoms in total. The number of rotatable bonds is 3. The summed E-state index contributed by atoms with van der Waals surface area (Å²) in [6, 6.07) is 6.78. The number of halogens is 1. The van der Waals surface area contributed by atoms with E-state index in [1.807, 2.05) is 11.0 Å². The first-order valence-electron chi connectivity index (χ1n) is 5.90. The molecule has 1 atom stereocenters. The van der Waals surface area contributed by atoms with Crippen molar-refractivity contribution >= 4 is 5.96 Å². The minimum absolute atomic E-state index is 0.0569. The maximum absolute atomic E-state index is 13.8. The fourth-order valence-corrected chi connectivity index (χ4v) is 2.15. The Bertz CT molecular complexity index is 428. The summed E-state index contributed by atoms with van der Waals surface area (Å²) < 4.78 is 13.8. The third-order valence-electron chi connectivity index (χ3n) is 2.92. The first-order chi connectivity index (χ1) is 8.09. The van der Waals surface area contributed by atoms with Crippen LogP contribution >= 0.6 is 0 Å². The van der Waals surface area contributed by atoms with Gasteiger partial charge in [0.1, 0.15) is 5.82 Å². The van der Waals surface area contributed by atoms with E-state index in [1.54, 1.807) is 12.1 Å². The molecule has 0 aromatic heterocycles. The second kappa shape index (κ2) is 4.73. The smallest absolute Gasteiger partial charge is 0.191 e. The Kier molecular flexibility index (Phi) is 3.31. The third-order valence-corrected chi connectivity index (χ3v) is 2.92. The van der Waals surface area contributed by atoms with E-state index in [1.165, 1.54) is 6.07 Å². The van der Waals surface area contributed by atoms with Crippen LogP contribution in [0.3, 0.4) is 0 Å². The highest BCUT2D eigenvalue weighted by Crippen LogP contribution is 2.27. The summed E-state index contributed by atoms with van der Waals surface area (Å²) in [5.74, 6) is 0.805. The largest absolute Gasteiger partial charge is 0.370 e. The fraction of sp³-hybridized carbons (Fsp3) is 0.462. The van der Waals surface area contributed by atoms with Crippen molar-refractivity contribution in [3.05, 3.63) is 35.6 Å². The highest BCUT2D eigenvalue weighted by atomic mass is 19.1. The van der Waals surface area contributed by atoms with Gasteiger partial charge < -0.3 is 10.6 Å². The molecule has 1 aliphatic heterocycles. The van der Waals surface area contributed by atoms with Crippen LogP contribution in [0.1, 0.15) is 25.5 Å². The number of benzene rings is 1. The van der Waals surface area contributed by atoms with Crippen molar-refractivity contribution in [2.24, 2.45) is 16.6 Å². The van der Waals surface area contributed by atoms with Gasteiger partial charge in [0.15, 0.2) is 5.96 Å². The lowest BCUT2D eigenvalue weighted by Crippen LogP contribution is -2.38. The molecule has 1 aromatic rings. The van der Waals surface area contributed by atoms with E-state index >= 15 is 0 Å². The Morgan fingerprint density at radius 2 is 2.18 bits per heavy atom. The van der Waals surface area contributed by atoms with E-state index in [2.05, 4.69) is 18.8 Å². The van der Waals surface area contributed by atoms with Gasteiger partial charge >= 0.3 is 0 Å². The summed E-state index contributed by atoms with van der Waals surface area (Å²) in [6.45, 7) is 5.57. The molecule has 92 valence electrons. The molecule has 0 saturated heterocycles. The summed E-state index contributed by atoms with van der Waals surface area (Å²) in [6.07, 6.45) is 0. The van der Waals surface area contributed by atoms with Crippen LogP contribution in [-0.4, -0.2) is 23.9 Å². The van der Waals surface area contributed by atoms with E-state index in [0.29, 0.717) is 24.0 Å². The van der Waals surface area contributed by atoms with Crippen molar-refractivity contribution in [2.45, 2.75) is 19.9 Å². The van der Waals surface area contributed by atoms with Crippen LogP contribution in [-0.2, 0) is 0 Å². The maximum Gasteiger partial charge on any atom is 0.191 e. The van der Waals surface area contributed by atoms with Gasteiger partial charge in [0.05, 0.1) is 12.6 Å². The zero-order valence-electron chi connectivity index (χ0n) is 10.2. The molecule has 17 heavy (non-hydrogen) atoms. The topological polar surface area (TPSA) is 41.6 Å². The van der Waals surface area contributed by atoms with Gasteiger partial charge in [0.25, 0.3) is 0 Å². The average molecular weight is 235 g/mol. The molecule has 0 fully saturated rings. The summed E-state index contributed by atoms with van der Waals surface area (Å²) in [4.78, 5) is 6.21. The molecule has 2 N–H and O–H groups in total. The fourth-order valence-electron chi connectivity index (χ4n) is 2.15. The molecule has 0 saturated carbocycles. The zero-order valence-corrected chi connectivity index (χ0v) is 10.2. The molecule has 1 heterocycles. The molecule has 1 aromatic carbocycles. The lowest BCUT2D eigenvalue weighted by atomic mass is 10.0. The maximum atomic E-state index is 13.8. The zero-order chi connectivity index (χ0) is 12.4. The standard InChI is InChI=1S/C13H18FN3/c1-9(2)8-17-12(7-16-13(17)15)10-5-3-4-6-11(10)14/h3-6,9,12H,7-8H2,1-2H3,(H2,15,16). The molecule has 1 unspecified atom stereocenters. The van der Waals surface area contributed by atoms with Gasteiger partial charge in [-0.1, -0.05) is 32.0 Å². The van der Waals surface area contributed by atoms with E-state index in [4.69, 9.17) is 5.73 Å². The monoisotopic (exact) mass is 235 g/mol. The highest BCUT2D eigenvalue weighted by molar-refractivity contribution is 5.80. The molecule has 0 amide bonds. The first kappa shape index (κ1) is 11.9. The lowest BCUT2D eigenvalue weighted by Gasteiger charge is -2.28. The van der Waals surface area contributed by atoms with Gasteiger partial charge in [-0.2, -0.15) is 0 Å². The molecule has 0 spiro atoms. The van der Waals surface area contributed by atoms with Gasteiger partial charge in [-0.3, -0.25) is 4.99 Å². The van der Waals surface area contributed by atoms with Crippen LogP contribution in [0.4, 0.5) is 4.39 Å². The Labute approximate surface area is 101 Å². The molecule has 0 bridgehead atoms. The van der Waals surface area contributed by atoms with Gasteiger partial charge in [0.2, 0.25) is 0 Å². The van der Waals surface area contributed by atoms with Crippen LogP contribution in [0.2, 0.25) is 0 Å². The molecular weight excluding hydrogens is 217 g/mol. The molecule has 1 aliphatic rings. The Hall–Kier alpha value is -1.58. The number of nitrogens with zero attached hydrogens (tertiary/aromatic N) is 2. The Balaban J connectivity index is 2.25. The van der Waals surface area contributed by atoms with Crippen molar-refractivity contribution in [2.75, 3.05) is 13.1 Å². The lowest BCUT2D eigenvalue weighted by molar-refractivity contribution is 0.303. The number of hydrogen-bond donors (Lipinski definition) is 1. The van der Waals surface area contributed by atoms with Gasteiger partial charge in [0, 0.05) is 12.1 Å². The molecule has 2 rings (SSSR count). The molecule has 4 heteroatoms. The second-order valence-electron chi connectivity index (χ2n) is 4.78. The molecule has 0 aliphatic carbocycles. The van der Waals surface area contributed by atoms with Gasteiger partial charge in [-0.15, -0.1) is 0 Å². The van der Waals surface area contributed by atoms with Crippen LogP contribution in [0, 0.1) is 11.7 Å². The van der Waals surface area contributed by atoms with Crippen LogP contribution in [0.25, 0.3) is 0 Å².